The number of hydrogen-bond acceptors (Lipinski definition) is 3. The lowest BCUT2D eigenvalue weighted by atomic mass is 10.0. The minimum absolute atomic E-state index is 0.0817. The average molecular weight is 236 g/mol. The lowest BCUT2D eigenvalue weighted by molar-refractivity contribution is -0.122. The first-order valence-electron chi connectivity index (χ1n) is 5.84. The number of hydrogen-bond donors (Lipinski definition) is 2. The number of ether oxygens (including phenoxy) is 1. The molecule has 0 aromatic heterocycles. The quantitative estimate of drug-likeness (QED) is 0.745. The molecule has 4 N–H and O–H groups in total. The van der Waals surface area contributed by atoms with Crippen molar-refractivity contribution in [1.29, 1.82) is 0 Å². The molecule has 1 atom stereocenters. The molecule has 1 rings (SSSR count). The van der Waals surface area contributed by atoms with Crippen LogP contribution in [0.25, 0.3) is 0 Å². The molecule has 94 valence electrons. The second-order valence-corrected chi connectivity index (χ2v) is 4.08. The van der Waals surface area contributed by atoms with Crippen LogP contribution in [0.5, 0.6) is 0 Å². The van der Waals surface area contributed by atoms with E-state index >= 15 is 0 Å². The normalized spacial score (nSPS) is 12.4. The Labute approximate surface area is 102 Å². The van der Waals surface area contributed by atoms with Gasteiger partial charge in [-0.05, 0) is 17.5 Å². The number of nitrogens with two attached hydrogens (primary N) is 2. The number of benzene rings is 1. The zero-order valence-corrected chi connectivity index (χ0v) is 10.2. The van der Waals surface area contributed by atoms with Crippen LogP contribution in [-0.2, 0) is 16.0 Å². The smallest absolute Gasteiger partial charge is 0.243 e. The van der Waals surface area contributed by atoms with Gasteiger partial charge in [-0.1, -0.05) is 37.6 Å². The Kier molecular flexibility index (Phi) is 5.66. The van der Waals surface area contributed by atoms with Gasteiger partial charge in [0.25, 0.3) is 0 Å². The van der Waals surface area contributed by atoms with Crippen molar-refractivity contribution in [3.8, 4) is 0 Å². The van der Waals surface area contributed by atoms with Gasteiger partial charge in [-0.25, -0.2) is 0 Å². The Bertz CT molecular complexity index is 349. The minimum atomic E-state index is -0.476. The Hall–Kier alpha value is -1.39. The fraction of sp³-hybridized carbons (Fsp3) is 0.462. The number of amides is 1. The van der Waals surface area contributed by atoms with Crippen LogP contribution in [0, 0.1) is 0 Å². The molecule has 17 heavy (non-hydrogen) atoms. The van der Waals surface area contributed by atoms with Crippen LogP contribution in [0.1, 0.15) is 30.5 Å². The van der Waals surface area contributed by atoms with Crippen LogP contribution in [0.15, 0.2) is 24.3 Å². The molecular formula is C13H20N2O2. The molecule has 0 radical (unpaired) electrons. The van der Waals surface area contributed by atoms with E-state index in [1.54, 1.807) is 0 Å². The molecule has 4 nitrogen and oxygen atoms in total. The molecule has 1 unspecified atom stereocenters. The van der Waals surface area contributed by atoms with E-state index < -0.39 is 5.91 Å². The third-order valence-electron chi connectivity index (χ3n) is 2.49. The molecule has 1 amide bonds. The number of aryl methyl sites for hydroxylation is 1. The molecule has 0 aliphatic rings. The van der Waals surface area contributed by atoms with E-state index in [4.69, 9.17) is 16.2 Å². The summed E-state index contributed by atoms with van der Waals surface area (Å²) in [6, 6.07) is 7.94. The molecular weight excluding hydrogens is 216 g/mol. The number of carbonyl (C=O) groups is 1. The van der Waals surface area contributed by atoms with Crippen LogP contribution >= 0.6 is 0 Å². The first-order chi connectivity index (χ1) is 8.13. The van der Waals surface area contributed by atoms with Gasteiger partial charge in [-0.3, -0.25) is 4.79 Å². The first-order valence-corrected chi connectivity index (χ1v) is 5.84. The van der Waals surface area contributed by atoms with Crippen LogP contribution in [0.4, 0.5) is 0 Å². The Balaban J connectivity index is 2.45. The van der Waals surface area contributed by atoms with Crippen molar-refractivity contribution in [2.75, 3.05) is 13.2 Å². The van der Waals surface area contributed by atoms with Crippen LogP contribution in [0.3, 0.4) is 0 Å². The summed E-state index contributed by atoms with van der Waals surface area (Å²) in [5, 5.41) is 0. The van der Waals surface area contributed by atoms with Gasteiger partial charge in [-0.15, -0.1) is 0 Å². The summed E-state index contributed by atoms with van der Waals surface area (Å²) in [6.45, 7) is 2.37. The molecule has 0 fully saturated rings. The second kappa shape index (κ2) is 7.04. The molecule has 0 bridgehead atoms. The standard InChI is InChI=1S/C13H20N2O2/c1-2-3-10-4-6-11(7-5-10)12(14)8-17-9-13(15)16/h4-7,12H,2-3,8-9,14H2,1H3,(H2,15,16). The zero-order chi connectivity index (χ0) is 12.7. The van der Waals surface area contributed by atoms with E-state index in [0.717, 1.165) is 18.4 Å². The maximum atomic E-state index is 10.5. The molecule has 1 aromatic carbocycles. The van der Waals surface area contributed by atoms with E-state index in [9.17, 15) is 4.79 Å². The summed E-state index contributed by atoms with van der Waals surface area (Å²) in [5.41, 5.74) is 13.2. The lowest BCUT2D eigenvalue weighted by Crippen LogP contribution is -2.23. The lowest BCUT2D eigenvalue weighted by Gasteiger charge is -2.12. The highest BCUT2D eigenvalue weighted by Crippen LogP contribution is 2.13. The predicted octanol–water partition coefficient (Wildman–Crippen LogP) is 1.14. The van der Waals surface area contributed by atoms with E-state index in [0.29, 0.717) is 6.61 Å². The second-order valence-electron chi connectivity index (χ2n) is 4.08. The molecule has 0 saturated heterocycles. The van der Waals surface area contributed by atoms with Gasteiger partial charge in [0.1, 0.15) is 6.61 Å². The van der Waals surface area contributed by atoms with Crippen LogP contribution in [-0.4, -0.2) is 19.1 Å². The Morgan fingerprint density at radius 2 is 2.00 bits per heavy atom. The van der Waals surface area contributed by atoms with E-state index in [1.165, 1.54) is 5.56 Å². The highest BCUT2D eigenvalue weighted by molar-refractivity contribution is 5.74. The Morgan fingerprint density at radius 3 is 2.53 bits per heavy atom. The summed E-state index contributed by atoms with van der Waals surface area (Å²) in [5.74, 6) is -0.476. The number of rotatable bonds is 7. The van der Waals surface area contributed by atoms with Crippen molar-refractivity contribution < 1.29 is 9.53 Å². The third-order valence-corrected chi connectivity index (χ3v) is 2.49. The highest BCUT2D eigenvalue weighted by Gasteiger charge is 2.06. The Morgan fingerprint density at radius 1 is 1.35 bits per heavy atom. The monoisotopic (exact) mass is 236 g/mol. The van der Waals surface area contributed by atoms with Gasteiger partial charge in [-0.2, -0.15) is 0 Å². The first kappa shape index (κ1) is 13.7. The van der Waals surface area contributed by atoms with Gasteiger partial charge in [0, 0.05) is 0 Å². The molecule has 0 aliphatic carbocycles. The van der Waals surface area contributed by atoms with Crippen molar-refractivity contribution in [3.05, 3.63) is 35.4 Å². The predicted molar refractivity (Wildman–Crippen MR) is 67.4 cm³/mol. The largest absolute Gasteiger partial charge is 0.370 e. The van der Waals surface area contributed by atoms with Crippen LogP contribution in [0.2, 0.25) is 0 Å². The summed E-state index contributed by atoms with van der Waals surface area (Å²) in [4.78, 5) is 10.5. The van der Waals surface area contributed by atoms with E-state index in [1.807, 2.05) is 12.1 Å². The molecule has 4 heteroatoms. The average Bonchev–Trinajstić information content (AvgIpc) is 2.30. The topological polar surface area (TPSA) is 78.3 Å². The SMILES string of the molecule is CCCc1ccc(C(N)COCC(N)=O)cc1. The van der Waals surface area contributed by atoms with Crippen molar-refractivity contribution in [2.45, 2.75) is 25.8 Å². The molecule has 1 aromatic rings. The van der Waals surface area contributed by atoms with Crippen molar-refractivity contribution in [2.24, 2.45) is 11.5 Å². The number of carbonyl (C=O) groups excluding carboxylic acids is 1. The van der Waals surface area contributed by atoms with E-state index in [2.05, 4.69) is 19.1 Å². The van der Waals surface area contributed by atoms with Gasteiger partial charge in [0.15, 0.2) is 0 Å². The molecule has 0 aliphatic heterocycles. The van der Waals surface area contributed by atoms with Gasteiger partial charge < -0.3 is 16.2 Å². The minimum Gasteiger partial charge on any atom is -0.370 e. The molecule has 0 saturated carbocycles. The van der Waals surface area contributed by atoms with Crippen molar-refractivity contribution in [3.63, 3.8) is 0 Å². The summed E-state index contributed by atoms with van der Waals surface area (Å²) >= 11 is 0. The fourth-order valence-corrected chi connectivity index (χ4v) is 1.60. The highest BCUT2D eigenvalue weighted by atomic mass is 16.5. The van der Waals surface area contributed by atoms with E-state index in [-0.39, 0.29) is 12.6 Å². The van der Waals surface area contributed by atoms with Gasteiger partial charge in [0.05, 0.1) is 12.6 Å². The zero-order valence-electron chi connectivity index (χ0n) is 10.2. The summed E-state index contributed by atoms with van der Waals surface area (Å²) < 4.78 is 5.09. The fourth-order valence-electron chi connectivity index (χ4n) is 1.60. The summed E-state index contributed by atoms with van der Waals surface area (Å²) in [7, 11) is 0. The van der Waals surface area contributed by atoms with Gasteiger partial charge in [0.2, 0.25) is 5.91 Å². The molecule has 0 heterocycles. The van der Waals surface area contributed by atoms with Crippen molar-refractivity contribution in [1.82, 2.24) is 0 Å². The maximum absolute atomic E-state index is 10.5. The van der Waals surface area contributed by atoms with Gasteiger partial charge >= 0.3 is 0 Å². The van der Waals surface area contributed by atoms with Crippen LogP contribution < -0.4 is 11.5 Å². The maximum Gasteiger partial charge on any atom is 0.243 e. The van der Waals surface area contributed by atoms with Crippen molar-refractivity contribution >= 4 is 5.91 Å². The number of primary amides is 1. The summed E-state index contributed by atoms with van der Waals surface area (Å²) in [6.07, 6.45) is 2.21. The molecule has 0 spiro atoms. The third kappa shape index (κ3) is 4.97.